The van der Waals surface area contributed by atoms with Crippen LogP contribution >= 0.6 is 11.3 Å². The van der Waals surface area contributed by atoms with E-state index in [1.807, 2.05) is 122 Å². The third-order valence-corrected chi connectivity index (χ3v) is 10.8. The SMILES string of the molecule is C.C=CCC1(CCC)CN(c2nc(C)ccc2C(C)=O)C1.COc1ccccc1.Cc1ccc(C(=O)N2CCc3cc(NC=O)sc3-c3ccccc32)cc1. The molecular weight excluding hydrogens is 705 g/mol. The van der Waals surface area contributed by atoms with E-state index in [4.69, 9.17) is 4.74 Å². The number of fused-ring (bicyclic) bond motifs is 3. The van der Waals surface area contributed by atoms with Gasteiger partial charge in [0.05, 0.1) is 23.4 Å². The van der Waals surface area contributed by atoms with Gasteiger partial charge in [0.25, 0.3) is 5.91 Å². The maximum atomic E-state index is 13.1. The number of ether oxygens (including phenoxy) is 1. The Hall–Kier alpha value is -5.54. The zero-order chi connectivity index (χ0) is 38.7. The van der Waals surface area contributed by atoms with Crippen LogP contribution in [0.3, 0.4) is 0 Å². The lowest BCUT2D eigenvalue weighted by Crippen LogP contribution is -2.57. The van der Waals surface area contributed by atoms with E-state index in [1.165, 1.54) is 12.8 Å². The number of nitrogens with one attached hydrogen (secondary N) is 1. The summed E-state index contributed by atoms with van der Waals surface area (Å²) in [5, 5.41) is 3.57. The van der Waals surface area contributed by atoms with Crippen molar-refractivity contribution in [1.82, 2.24) is 4.98 Å². The lowest BCUT2D eigenvalue weighted by molar-refractivity contribution is -0.105. The zero-order valence-corrected chi connectivity index (χ0v) is 32.7. The fraction of sp³-hybridized carbons (Fsp3) is 0.304. The molecule has 4 heterocycles. The standard InChI is InChI=1S/C21H18N2O2S.C17H24N2O.C7H8O.CH4/c1-14-6-8-15(9-7-14)21(25)23-11-10-16-12-19(22-13-24)26-20(16)17-4-2-3-5-18(17)23;1-5-9-17(10-6-2)11-19(12-17)16-15(14(4)20)8-7-13(3)18-16;1-8-7-5-3-2-4-6-7;/h2-9,12-13H,10-11H2,1H3,(H,22,24);5,7-8H,1,6,9-12H2,2-4H3;2-6H,1H3;1H4. The van der Waals surface area contributed by atoms with Crippen LogP contribution in [0.25, 0.3) is 10.4 Å². The lowest BCUT2D eigenvalue weighted by Gasteiger charge is -2.51. The number of carbonyl (C=O) groups excluding carboxylic acids is 3. The van der Waals surface area contributed by atoms with Crippen LogP contribution in [0.15, 0.2) is 110 Å². The van der Waals surface area contributed by atoms with Gasteiger partial charge < -0.3 is 19.9 Å². The van der Waals surface area contributed by atoms with Crippen LogP contribution in [0.5, 0.6) is 5.75 Å². The van der Waals surface area contributed by atoms with Crippen LogP contribution in [-0.4, -0.2) is 49.8 Å². The van der Waals surface area contributed by atoms with E-state index < -0.39 is 0 Å². The van der Waals surface area contributed by atoms with E-state index in [0.29, 0.717) is 23.9 Å². The summed E-state index contributed by atoms with van der Waals surface area (Å²) in [6, 6.07) is 31.1. The van der Waals surface area contributed by atoms with Crippen molar-refractivity contribution in [3.63, 3.8) is 0 Å². The number of aromatic nitrogens is 1. The van der Waals surface area contributed by atoms with Gasteiger partial charge in [0.15, 0.2) is 5.78 Å². The molecule has 1 saturated heterocycles. The molecule has 0 spiro atoms. The van der Waals surface area contributed by atoms with E-state index in [0.717, 1.165) is 81.0 Å². The monoisotopic (exact) mass is 758 g/mol. The maximum Gasteiger partial charge on any atom is 0.258 e. The molecule has 0 unspecified atom stereocenters. The molecule has 55 heavy (non-hydrogen) atoms. The molecule has 0 atom stereocenters. The predicted molar refractivity (Wildman–Crippen MR) is 229 cm³/mol. The van der Waals surface area contributed by atoms with E-state index in [2.05, 4.69) is 28.7 Å². The van der Waals surface area contributed by atoms with Crippen molar-refractivity contribution in [3.8, 4) is 16.2 Å². The van der Waals surface area contributed by atoms with Crippen molar-refractivity contribution in [2.24, 2.45) is 5.41 Å². The van der Waals surface area contributed by atoms with Crippen molar-refractivity contribution in [2.45, 2.75) is 60.8 Å². The van der Waals surface area contributed by atoms with E-state index in [9.17, 15) is 14.4 Å². The van der Waals surface area contributed by atoms with Crippen LogP contribution in [0, 0.1) is 19.3 Å². The topological polar surface area (TPSA) is 91.8 Å². The molecule has 2 amide bonds. The summed E-state index contributed by atoms with van der Waals surface area (Å²) >= 11 is 1.55. The first-order chi connectivity index (χ1) is 26.1. The van der Waals surface area contributed by atoms with Gasteiger partial charge in [-0.15, -0.1) is 17.9 Å². The van der Waals surface area contributed by atoms with E-state index >= 15 is 0 Å². The summed E-state index contributed by atoms with van der Waals surface area (Å²) in [6.45, 7) is 14.2. The Morgan fingerprint density at radius 3 is 2.29 bits per heavy atom. The average molecular weight is 759 g/mol. The summed E-state index contributed by atoms with van der Waals surface area (Å²) in [7, 11) is 1.66. The van der Waals surface area contributed by atoms with E-state index in [1.54, 1.807) is 25.4 Å². The van der Waals surface area contributed by atoms with Gasteiger partial charge in [-0.2, -0.15) is 0 Å². The fourth-order valence-corrected chi connectivity index (χ4v) is 8.15. The Morgan fingerprint density at radius 2 is 1.67 bits per heavy atom. The van der Waals surface area contributed by atoms with Gasteiger partial charge in [0, 0.05) is 46.7 Å². The average Bonchev–Trinajstić information content (AvgIpc) is 3.50. The maximum absolute atomic E-state index is 13.1. The first-order valence-corrected chi connectivity index (χ1v) is 19.2. The van der Waals surface area contributed by atoms with Crippen LogP contribution in [0.4, 0.5) is 16.5 Å². The first-order valence-electron chi connectivity index (χ1n) is 18.4. The van der Waals surface area contributed by atoms with E-state index in [-0.39, 0.29) is 19.1 Å². The second-order valence-corrected chi connectivity index (χ2v) is 14.9. The molecule has 1 N–H and O–H groups in total. The fourth-order valence-electron chi connectivity index (χ4n) is 7.04. The number of carbonyl (C=O) groups is 3. The number of aryl methyl sites for hydroxylation is 2. The zero-order valence-electron chi connectivity index (χ0n) is 31.9. The minimum Gasteiger partial charge on any atom is -0.497 e. The molecule has 1 fully saturated rings. The second kappa shape index (κ2) is 19.7. The molecule has 0 bridgehead atoms. The molecule has 3 aromatic carbocycles. The third kappa shape index (κ3) is 10.4. The van der Waals surface area contributed by atoms with Crippen molar-refractivity contribution < 1.29 is 19.1 Å². The molecule has 2 aromatic heterocycles. The summed E-state index contributed by atoms with van der Waals surface area (Å²) in [5.74, 6) is 1.86. The Morgan fingerprint density at radius 1 is 0.982 bits per heavy atom. The highest BCUT2D eigenvalue weighted by atomic mass is 32.1. The van der Waals surface area contributed by atoms with Crippen LogP contribution < -0.4 is 19.9 Å². The number of thiophene rings is 1. The van der Waals surface area contributed by atoms with Crippen molar-refractivity contribution in [3.05, 3.63) is 138 Å². The molecule has 288 valence electrons. The van der Waals surface area contributed by atoms with Crippen LogP contribution in [0.1, 0.15) is 78.1 Å². The molecule has 0 radical (unpaired) electrons. The first kappa shape index (κ1) is 42.2. The molecular formula is C46H54N4O4S. The molecule has 9 heteroatoms. The minimum atomic E-state index is 0. The van der Waals surface area contributed by atoms with Gasteiger partial charge in [-0.25, -0.2) is 4.98 Å². The molecule has 8 nitrogen and oxygen atoms in total. The Balaban J connectivity index is 0.000000205. The number of amides is 2. The third-order valence-electron chi connectivity index (χ3n) is 9.68. The normalized spacial score (nSPS) is 13.3. The Bertz CT molecular complexity index is 2050. The summed E-state index contributed by atoms with van der Waals surface area (Å²) in [5.41, 5.74) is 6.96. The molecule has 2 aliphatic heterocycles. The number of nitrogens with zero attached hydrogens (tertiary/aromatic N) is 3. The summed E-state index contributed by atoms with van der Waals surface area (Å²) in [4.78, 5) is 45.5. The number of rotatable bonds is 10. The van der Waals surface area contributed by atoms with Crippen molar-refractivity contribution >= 4 is 45.9 Å². The van der Waals surface area contributed by atoms with Crippen LogP contribution in [0.2, 0.25) is 0 Å². The smallest absolute Gasteiger partial charge is 0.258 e. The highest BCUT2D eigenvalue weighted by Crippen LogP contribution is 2.44. The quantitative estimate of drug-likeness (QED) is 0.0866. The molecule has 2 aliphatic rings. The van der Waals surface area contributed by atoms with Gasteiger partial charge in [-0.1, -0.05) is 80.9 Å². The number of ketones is 1. The van der Waals surface area contributed by atoms with Gasteiger partial charge in [-0.3, -0.25) is 14.4 Å². The number of hydrogen-bond donors (Lipinski definition) is 1. The minimum absolute atomic E-state index is 0. The Labute approximate surface area is 330 Å². The summed E-state index contributed by atoms with van der Waals surface area (Å²) < 4.78 is 4.91. The molecule has 7 rings (SSSR count). The number of anilines is 3. The lowest BCUT2D eigenvalue weighted by atomic mass is 9.73. The Kier molecular flexibility index (Phi) is 15.1. The second-order valence-electron chi connectivity index (χ2n) is 13.8. The molecule has 0 saturated carbocycles. The summed E-state index contributed by atoms with van der Waals surface area (Å²) in [6.07, 6.45) is 6.89. The largest absolute Gasteiger partial charge is 0.497 e. The number of allylic oxidation sites excluding steroid dienone is 1. The number of methoxy groups -OCH3 is 1. The van der Waals surface area contributed by atoms with Crippen LogP contribution in [-0.2, 0) is 11.2 Å². The number of benzene rings is 3. The van der Waals surface area contributed by atoms with Gasteiger partial charge in [0.2, 0.25) is 6.41 Å². The van der Waals surface area contributed by atoms with Crippen molar-refractivity contribution in [1.29, 1.82) is 0 Å². The predicted octanol–water partition coefficient (Wildman–Crippen LogP) is 10.6. The van der Waals surface area contributed by atoms with Gasteiger partial charge in [-0.05, 0) is 94.1 Å². The number of pyridine rings is 1. The number of para-hydroxylation sites is 2. The van der Waals surface area contributed by atoms with Gasteiger partial charge >= 0.3 is 0 Å². The van der Waals surface area contributed by atoms with Crippen molar-refractivity contribution in [2.75, 3.05) is 41.9 Å². The number of Topliss-reactive ketones (excluding diaryl/α,β-unsaturated/α-hetero) is 1. The van der Waals surface area contributed by atoms with Gasteiger partial charge in [0.1, 0.15) is 11.6 Å². The number of hydrogen-bond acceptors (Lipinski definition) is 7. The molecule has 5 aromatic rings. The highest BCUT2D eigenvalue weighted by molar-refractivity contribution is 7.19. The highest BCUT2D eigenvalue weighted by Gasteiger charge is 2.42. The molecule has 0 aliphatic carbocycles.